The van der Waals surface area contributed by atoms with Crippen LogP contribution in [0.4, 0.5) is 0 Å². The van der Waals surface area contributed by atoms with E-state index in [1.165, 1.54) is 34.6 Å². The molecule has 0 saturated heterocycles. The van der Waals surface area contributed by atoms with Crippen LogP contribution in [0.15, 0.2) is 42.0 Å². The number of carbonyl (C=O) groups is 1. The molecule has 184 valence electrons. The Hall–Kier alpha value is -2.46. The minimum atomic E-state index is -0.358. The average molecular weight is 484 g/mol. The maximum absolute atomic E-state index is 11.3. The predicted molar refractivity (Wildman–Crippen MR) is 138 cm³/mol. The summed E-state index contributed by atoms with van der Waals surface area (Å²) in [5.74, 6) is -0.341. The molecule has 1 aliphatic rings. The van der Waals surface area contributed by atoms with E-state index in [-0.39, 0.29) is 25.3 Å². The van der Waals surface area contributed by atoms with E-state index in [4.69, 9.17) is 15.1 Å². The van der Waals surface area contributed by atoms with Crippen molar-refractivity contribution >= 4 is 22.9 Å². The second kappa shape index (κ2) is 15.4. The fourth-order valence-electron chi connectivity index (χ4n) is 3.92. The Morgan fingerprint density at radius 2 is 1.88 bits per heavy atom. The highest BCUT2D eigenvalue weighted by atomic mass is 32.1. The minimum Gasteiger partial charge on any atom is -0.459 e. The highest BCUT2D eigenvalue weighted by Gasteiger charge is 2.16. The molecule has 2 N–H and O–H groups in total. The Morgan fingerprint density at radius 3 is 2.53 bits per heavy atom. The molecular formula is C28H37NO4S. The Kier molecular flexibility index (Phi) is 12.6. The smallest absolute Gasteiger partial charge is 0.348 e. The van der Waals surface area contributed by atoms with Gasteiger partial charge in [-0.25, -0.2) is 4.79 Å². The number of benzene rings is 1. The predicted octanol–water partition coefficient (Wildman–Crippen LogP) is 6.61. The summed E-state index contributed by atoms with van der Waals surface area (Å²) in [7, 11) is 0. The van der Waals surface area contributed by atoms with Crippen molar-refractivity contribution in [3.8, 4) is 6.07 Å². The molecule has 2 aromatic rings. The summed E-state index contributed by atoms with van der Waals surface area (Å²) in [5, 5.41) is 27.7. The van der Waals surface area contributed by atoms with Gasteiger partial charge in [-0.05, 0) is 60.9 Å². The van der Waals surface area contributed by atoms with Crippen LogP contribution in [-0.4, -0.2) is 29.4 Å². The molecule has 0 radical (unpaired) electrons. The first kappa shape index (κ1) is 27.8. The van der Waals surface area contributed by atoms with Gasteiger partial charge in [0, 0.05) is 10.5 Å². The van der Waals surface area contributed by atoms with E-state index < -0.39 is 0 Å². The molecule has 6 heteroatoms. The molecule has 0 aliphatic heterocycles. The minimum absolute atomic E-state index is 0.0693. The van der Waals surface area contributed by atoms with Crippen molar-refractivity contribution < 1.29 is 19.7 Å². The Labute approximate surface area is 207 Å². The first-order valence-corrected chi connectivity index (χ1v) is 13.1. The Morgan fingerprint density at radius 1 is 1.12 bits per heavy atom. The van der Waals surface area contributed by atoms with Crippen LogP contribution in [0.25, 0.3) is 5.57 Å². The molecule has 0 bridgehead atoms. The van der Waals surface area contributed by atoms with Gasteiger partial charge in [-0.3, -0.25) is 0 Å². The lowest BCUT2D eigenvalue weighted by molar-refractivity contribution is 0.0439. The van der Waals surface area contributed by atoms with Crippen LogP contribution in [-0.2, 0) is 11.2 Å². The summed E-state index contributed by atoms with van der Waals surface area (Å²) in [6, 6.07) is 14.2. The number of aryl methyl sites for hydroxylation is 1. The molecule has 0 spiro atoms. The number of aliphatic hydroxyl groups excluding tert-OH is 2. The monoisotopic (exact) mass is 483 g/mol. The van der Waals surface area contributed by atoms with Crippen molar-refractivity contribution in [2.24, 2.45) is 0 Å². The maximum atomic E-state index is 11.3. The molecule has 0 saturated carbocycles. The zero-order chi connectivity index (χ0) is 24.8. The van der Waals surface area contributed by atoms with Crippen molar-refractivity contribution in [1.82, 2.24) is 0 Å². The number of unbranched alkanes of at least 4 members (excludes halogenated alkanes) is 2. The molecule has 1 unspecified atom stereocenters. The van der Waals surface area contributed by atoms with Crippen molar-refractivity contribution in [3.05, 3.63) is 62.9 Å². The summed E-state index contributed by atoms with van der Waals surface area (Å²) < 4.78 is 4.79. The summed E-state index contributed by atoms with van der Waals surface area (Å²) in [5.41, 5.74) is 4.26. The van der Waals surface area contributed by atoms with Crippen LogP contribution in [0.1, 0.15) is 97.0 Å². The lowest BCUT2D eigenvalue weighted by Gasteiger charge is -2.12. The number of nitriles is 1. The van der Waals surface area contributed by atoms with E-state index in [0.29, 0.717) is 4.88 Å². The van der Waals surface area contributed by atoms with Gasteiger partial charge >= 0.3 is 5.97 Å². The number of allylic oxidation sites excluding steroid dienone is 2. The van der Waals surface area contributed by atoms with Crippen molar-refractivity contribution in [2.45, 2.75) is 77.7 Å². The highest BCUT2D eigenvalue weighted by molar-refractivity contribution is 7.13. The number of hydrogen-bond donors (Lipinski definition) is 2. The number of thiophene rings is 1. The van der Waals surface area contributed by atoms with Crippen molar-refractivity contribution in [1.29, 1.82) is 5.26 Å². The third kappa shape index (κ3) is 8.72. The van der Waals surface area contributed by atoms with Gasteiger partial charge in [-0.15, -0.1) is 11.3 Å². The molecule has 0 amide bonds. The van der Waals surface area contributed by atoms with Gasteiger partial charge in [0.05, 0.1) is 18.8 Å². The molecule has 3 rings (SSSR count). The third-order valence-electron chi connectivity index (χ3n) is 5.76. The molecular weight excluding hydrogens is 446 g/mol. The number of hydrogen-bond acceptors (Lipinski definition) is 6. The van der Waals surface area contributed by atoms with Gasteiger partial charge < -0.3 is 14.9 Å². The van der Waals surface area contributed by atoms with Crippen LogP contribution >= 0.6 is 11.3 Å². The standard InChI is InChI=1S/C18H23NO.C10H14O3S/c1-2-3-4-8-18(20)15-11-9-14(10-12-15)17-7-5-6-16(17)13-19;1-2-3-8-4-5-9(14-8)10(12)13-7-6-11/h9-12,18,20H,2-8H2,1H3;4-5,11H,2-3,6-7H2,1H3. The number of nitrogens with zero attached hydrogens (tertiary/aromatic N) is 1. The van der Waals surface area contributed by atoms with Gasteiger partial charge in [0.25, 0.3) is 0 Å². The van der Waals surface area contributed by atoms with E-state index in [1.807, 2.05) is 18.2 Å². The first-order chi connectivity index (χ1) is 16.5. The van der Waals surface area contributed by atoms with Crippen molar-refractivity contribution in [2.75, 3.05) is 13.2 Å². The maximum Gasteiger partial charge on any atom is 0.348 e. The summed E-state index contributed by atoms with van der Waals surface area (Å²) in [6.45, 7) is 4.21. The number of aliphatic hydroxyl groups is 2. The quantitative estimate of drug-likeness (QED) is 0.277. The third-order valence-corrected chi connectivity index (χ3v) is 6.89. The molecule has 0 fully saturated rings. The molecule has 5 nitrogen and oxygen atoms in total. The zero-order valence-electron chi connectivity index (χ0n) is 20.4. The number of carbonyl (C=O) groups excluding carboxylic acids is 1. The largest absolute Gasteiger partial charge is 0.459 e. The van der Waals surface area contributed by atoms with Gasteiger partial charge in [0.1, 0.15) is 11.5 Å². The average Bonchev–Trinajstić information content (AvgIpc) is 3.53. The van der Waals surface area contributed by atoms with Crippen LogP contribution < -0.4 is 0 Å². The molecule has 1 atom stereocenters. The van der Waals surface area contributed by atoms with Crippen LogP contribution in [0, 0.1) is 11.3 Å². The molecule has 1 aromatic carbocycles. The second-order valence-corrected chi connectivity index (χ2v) is 9.60. The van der Waals surface area contributed by atoms with E-state index in [1.54, 1.807) is 6.07 Å². The summed E-state index contributed by atoms with van der Waals surface area (Å²) >= 11 is 1.46. The van der Waals surface area contributed by atoms with Crippen LogP contribution in [0.3, 0.4) is 0 Å². The fourth-order valence-corrected chi connectivity index (χ4v) is 4.93. The number of esters is 1. The van der Waals surface area contributed by atoms with Gasteiger partial charge in [0.15, 0.2) is 0 Å². The van der Waals surface area contributed by atoms with Gasteiger partial charge in [-0.1, -0.05) is 63.8 Å². The molecule has 1 aromatic heterocycles. The Bertz CT molecular complexity index is 956. The van der Waals surface area contributed by atoms with E-state index in [0.717, 1.165) is 61.6 Å². The molecule has 1 heterocycles. The highest BCUT2D eigenvalue weighted by Crippen LogP contribution is 2.34. The van der Waals surface area contributed by atoms with E-state index in [2.05, 4.69) is 32.0 Å². The molecule has 34 heavy (non-hydrogen) atoms. The lowest BCUT2D eigenvalue weighted by atomic mass is 9.98. The van der Waals surface area contributed by atoms with Crippen molar-refractivity contribution in [3.63, 3.8) is 0 Å². The fraction of sp³-hybridized carbons (Fsp3) is 0.500. The summed E-state index contributed by atoms with van der Waals surface area (Å²) in [6.07, 6.45) is 8.97. The van der Waals surface area contributed by atoms with Crippen LogP contribution in [0.5, 0.6) is 0 Å². The SMILES string of the molecule is CCCCCC(O)c1ccc(C2=C(C#N)CCC2)cc1.CCCc1ccc(C(=O)OCCO)s1. The Balaban J connectivity index is 0.000000257. The lowest BCUT2D eigenvalue weighted by Crippen LogP contribution is -2.06. The first-order valence-electron chi connectivity index (χ1n) is 12.3. The van der Waals surface area contributed by atoms with E-state index in [9.17, 15) is 9.90 Å². The van der Waals surface area contributed by atoms with E-state index >= 15 is 0 Å². The van der Waals surface area contributed by atoms with Gasteiger partial charge in [-0.2, -0.15) is 5.26 Å². The summed E-state index contributed by atoms with van der Waals surface area (Å²) in [4.78, 5) is 13.1. The number of ether oxygens (including phenoxy) is 1. The second-order valence-electron chi connectivity index (χ2n) is 8.43. The molecule has 1 aliphatic carbocycles. The number of rotatable bonds is 11. The van der Waals surface area contributed by atoms with Gasteiger partial charge in [0.2, 0.25) is 0 Å². The zero-order valence-corrected chi connectivity index (χ0v) is 21.2. The topological polar surface area (TPSA) is 90.5 Å². The normalized spacial score (nSPS) is 13.7. The van der Waals surface area contributed by atoms with Crippen LogP contribution in [0.2, 0.25) is 0 Å².